The molecule has 28 heavy (non-hydrogen) atoms. The fourth-order valence-corrected chi connectivity index (χ4v) is 2.98. The number of benzene rings is 1. The maximum atomic E-state index is 12.7. The number of amides is 1. The van der Waals surface area contributed by atoms with Gasteiger partial charge in [-0.1, -0.05) is 36.5 Å². The first-order valence-electron chi connectivity index (χ1n) is 8.80. The molecule has 0 radical (unpaired) electrons. The number of unbranched alkanes of at least 4 members (excludes halogenated alkanes) is 1. The highest BCUT2D eigenvalue weighted by atomic mass is 35.5. The molecule has 0 unspecified atom stereocenters. The van der Waals surface area contributed by atoms with Gasteiger partial charge in [0.15, 0.2) is 12.3 Å². The number of nitrogens with one attached hydrogen (secondary N) is 1. The number of aromatic nitrogens is 2. The fourth-order valence-electron chi connectivity index (χ4n) is 2.64. The number of anilines is 2. The number of nitrogen functional groups attached to an aromatic ring is 1. The van der Waals surface area contributed by atoms with Gasteiger partial charge in [0.2, 0.25) is 0 Å². The minimum absolute atomic E-state index is 0.0572. The Morgan fingerprint density at radius 1 is 1.29 bits per heavy atom. The van der Waals surface area contributed by atoms with Crippen LogP contribution in [0.15, 0.2) is 27.8 Å². The largest absolute Gasteiger partial charge is 0.482 e. The van der Waals surface area contributed by atoms with Crippen LogP contribution < -0.4 is 26.6 Å². The molecule has 2 aromatic rings. The lowest BCUT2D eigenvalue weighted by Gasteiger charge is -2.23. The van der Waals surface area contributed by atoms with Gasteiger partial charge in [0.25, 0.3) is 11.5 Å². The summed E-state index contributed by atoms with van der Waals surface area (Å²) < 4.78 is 6.71. The van der Waals surface area contributed by atoms with Gasteiger partial charge >= 0.3 is 5.69 Å². The predicted molar refractivity (Wildman–Crippen MR) is 111 cm³/mol. The monoisotopic (exact) mass is 428 g/mol. The van der Waals surface area contributed by atoms with Crippen molar-refractivity contribution in [1.29, 1.82) is 0 Å². The molecule has 0 aliphatic carbocycles. The lowest BCUT2D eigenvalue weighted by atomic mass is 10.3. The van der Waals surface area contributed by atoms with Crippen molar-refractivity contribution in [3.05, 3.63) is 49.1 Å². The maximum Gasteiger partial charge on any atom is 0.330 e. The van der Waals surface area contributed by atoms with E-state index in [2.05, 4.69) is 4.98 Å². The molecule has 0 bridgehead atoms. The molecular weight excluding hydrogens is 407 g/mol. The zero-order valence-corrected chi connectivity index (χ0v) is 17.1. The SMILES string of the molecule is CCCCn1c(N)c(N(CC)C(=O)COc2cc(Cl)ccc2Cl)c(=O)[nH]c1=O. The lowest BCUT2D eigenvalue weighted by Crippen LogP contribution is -2.42. The van der Waals surface area contributed by atoms with E-state index < -0.39 is 17.2 Å². The minimum Gasteiger partial charge on any atom is -0.482 e. The Morgan fingerprint density at radius 2 is 2.00 bits per heavy atom. The molecule has 10 heteroatoms. The Kier molecular flexibility index (Phi) is 7.53. The van der Waals surface area contributed by atoms with E-state index in [4.69, 9.17) is 33.7 Å². The highest BCUT2D eigenvalue weighted by Gasteiger charge is 2.23. The Bertz CT molecular complexity index is 971. The second-order valence-electron chi connectivity index (χ2n) is 6.00. The van der Waals surface area contributed by atoms with Crippen LogP contribution in [0.1, 0.15) is 26.7 Å². The van der Waals surface area contributed by atoms with E-state index in [1.807, 2.05) is 6.92 Å². The summed E-state index contributed by atoms with van der Waals surface area (Å²) in [6, 6.07) is 4.63. The number of rotatable bonds is 8. The minimum atomic E-state index is -0.730. The number of hydrogen-bond acceptors (Lipinski definition) is 5. The summed E-state index contributed by atoms with van der Waals surface area (Å²) in [6.45, 7) is 3.76. The van der Waals surface area contributed by atoms with Crippen LogP contribution in [0.4, 0.5) is 11.5 Å². The van der Waals surface area contributed by atoms with E-state index >= 15 is 0 Å². The molecule has 0 saturated heterocycles. The van der Waals surface area contributed by atoms with Gasteiger partial charge in [0.05, 0.1) is 5.02 Å². The highest BCUT2D eigenvalue weighted by molar-refractivity contribution is 6.34. The van der Waals surface area contributed by atoms with Crippen molar-refractivity contribution in [3.8, 4) is 5.75 Å². The molecule has 152 valence electrons. The van der Waals surface area contributed by atoms with Crippen molar-refractivity contribution in [2.24, 2.45) is 0 Å². The topological polar surface area (TPSA) is 110 Å². The van der Waals surface area contributed by atoms with Crippen molar-refractivity contribution >= 4 is 40.6 Å². The van der Waals surface area contributed by atoms with Gasteiger partial charge in [0, 0.05) is 24.2 Å². The molecule has 8 nitrogen and oxygen atoms in total. The zero-order valence-electron chi connectivity index (χ0n) is 15.6. The van der Waals surface area contributed by atoms with E-state index in [1.165, 1.54) is 15.5 Å². The quantitative estimate of drug-likeness (QED) is 0.671. The normalized spacial score (nSPS) is 10.7. The van der Waals surface area contributed by atoms with Crippen molar-refractivity contribution in [2.75, 3.05) is 23.8 Å². The van der Waals surface area contributed by atoms with Gasteiger partial charge in [-0.3, -0.25) is 19.1 Å². The Balaban J connectivity index is 2.31. The molecule has 1 heterocycles. The van der Waals surface area contributed by atoms with Crippen molar-refractivity contribution in [1.82, 2.24) is 9.55 Å². The number of aromatic amines is 1. The Hall–Kier alpha value is -2.45. The number of hydrogen-bond donors (Lipinski definition) is 2. The van der Waals surface area contributed by atoms with Crippen molar-refractivity contribution < 1.29 is 9.53 Å². The molecule has 0 saturated carbocycles. The molecule has 3 N–H and O–H groups in total. The third-order valence-electron chi connectivity index (χ3n) is 4.08. The van der Waals surface area contributed by atoms with Gasteiger partial charge in [0.1, 0.15) is 11.6 Å². The Labute approximate surface area is 171 Å². The predicted octanol–water partition coefficient (Wildman–Crippen LogP) is 2.66. The number of carbonyl (C=O) groups is 1. The molecule has 0 aliphatic rings. The summed E-state index contributed by atoms with van der Waals surface area (Å²) >= 11 is 11.9. The van der Waals surface area contributed by atoms with Crippen LogP contribution in [0.3, 0.4) is 0 Å². The van der Waals surface area contributed by atoms with E-state index in [0.29, 0.717) is 23.0 Å². The van der Waals surface area contributed by atoms with Crippen LogP contribution in [-0.4, -0.2) is 28.6 Å². The second kappa shape index (κ2) is 9.66. The summed E-state index contributed by atoms with van der Waals surface area (Å²) in [5, 5.41) is 0.702. The third-order valence-corrected chi connectivity index (χ3v) is 4.63. The van der Waals surface area contributed by atoms with E-state index in [1.54, 1.807) is 19.1 Å². The van der Waals surface area contributed by atoms with Crippen LogP contribution in [0, 0.1) is 0 Å². The van der Waals surface area contributed by atoms with E-state index in [-0.39, 0.29) is 30.4 Å². The average molecular weight is 429 g/mol. The van der Waals surface area contributed by atoms with Gasteiger partial charge < -0.3 is 15.4 Å². The fraction of sp³-hybridized carbons (Fsp3) is 0.389. The number of carbonyl (C=O) groups excluding carboxylic acids is 1. The number of likely N-dealkylation sites (N-methyl/N-ethyl adjacent to an activating group) is 1. The van der Waals surface area contributed by atoms with Crippen LogP contribution in [0.2, 0.25) is 10.0 Å². The van der Waals surface area contributed by atoms with Gasteiger partial charge in [-0.2, -0.15) is 0 Å². The molecule has 0 spiro atoms. The number of ether oxygens (including phenoxy) is 1. The lowest BCUT2D eigenvalue weighted by molar-refractivity contribution is -0.120. The molecule has 1 aromatic heterocycles. The van der Waals surface area contributed by atoms with Crippen molar-refractivity contribution in [2.45, 2.75) is 33.2 Å². The standard InChI is InChI=1S/C18H22Cl2N4O4/c1-3-5-8-24-16(21)15(17(26)22-18(24)27)23(4-2)14(25)10-28-13-9-11(19)6-7-12(13)20/h6-7,9H,3-5,8,10,21H2,1-2H3,(H,22,26,27). The van der Waals surface area contributed by atoms with Gasteiger partial charge in [-0.15, -0.1) is 0 Å². The highest BCUT2D eigenvalue weighted by Crippen LogP contribution is 2.28. The molecule has 0 fully saturated rings. The molecule has 0 aliphatic heterocycles. The van der Waals surface area contributed by atoms with Crippen molar-refractivity contribution in [3.63, 3.8) is 0 Å². The van der Waals surface area contributed by atoms with E-state index in [9.17, 15) is 14.4 Å². The average Bonchev–Trinajstić information content (AvgIpc) is 2.65. The van der Waals surface area contributed by atoms with Crippen LogP contribution in [0.25, 0.3) is 0 Å². The number of H-pyrrole nitrogens is 1. The van der Waals surface area contributed by atoms with Gasteiger partial charge in [-0.05, 0) is 25.5 Å². The summed E-state index contributed by atoms with van der Waals surface area (Å²) in [7, 11) is 0. The second-order valence-corrected chi connectivity index (χ2v) is 6.84. The molecule has 1 amide bonds. The maximum absolute atomic E-state index is 12.7. The third kappa shape index (κ3) is 4.88. The first kappa shape index (κ1) is 21.8. The van der Waals surface area contributed by atoms with Crippen LogP contribution >= 0.6 is 23.2 Å². The number of nitrogens with two attached hydrogens (primary N) is 1. The van der Waals surface area contributed by atoms with Crippen LogP contribution in [-0.2, 0) is 11.3 Å². The van der Waals surface area contributed by atoms with E-state index in [0.717, 1.165) is 6.42 Å². The number of halogens is 2. The molecule has 1 aromatic carbocycles. The Morgan fingerprint density at radius 3 is 2.64 bits per heavy atom. The number of nitrogens with zero attached hydrogens (tertiary/aromatic N) is 2. The summed E-state index contributed by atoms with van der Waals surface area (Å²) in [6.07, 6.45) is 1.54. The van der Waals surface area contributed by atoms with Crippen LogP contribution in [0.5, 0.6) is 5.75 Å². The molecule has 2 rings (SSSR count). The summed E-state index contributed by atoms with van der Waals surface area (Å²) in [4.78, 5) is 40.5. The molecular formula is C18H22Cl2N4O4. The zero-order chi connectivity index (χ0) is 20.8. The molecule has 0 atom stereocenters. The van der Waals surface area contributed by atoms with Gasteiger partial charge in [-0.25, -0.2) is 4.79 Å². The summed E-state index contributed by atoms with van der Waals surface area (Å²) in [5.41, 5.74) is 4.64. The first-order valence-corrected chi connectivity index (χ1v) is 9.56. The summed E-state index contributed by atoms with van der Waals surface area (Å²) in [5.74, 6) is -0.331. The first-order chi connectivity index (χ1) is 13.3. The smallest absolute Gasteiger partial charge is 0.330 e.